The fraction of sp³-hybridized carbons (Fsp3) is 0.385. The summed E-state index contributed by atoms with van der Waals surface area (Å²) in [6, 6.07) is 8.11. The molecule has 1 amide bonds. The van der Waals surface area contributed by atoms with E-state index < -0.39 is 0 Å². The summed E-state index contributed by atoms with van der Waals surface area (Å²) in [5.41, 5.74) is 7.79. The first-order chi connectivity index (χ1) is 8.15. The van der Waals surface area contributed by atoms with Gasteiger partial charge in [0.25, 0.3) is 0 Å². The normalized spacial score (nSPS) is 15.3. The van der Waals surface area contributed by atoms with E-state index in [1.807, 2.05) is 23.1 Å². The van der Waals surface area contributed by atoms with Gasteiger partial charge < -0.3 is 10.6 Å². The SMILES string of the molecule is NC(=S)Cc1cccc(CN2CCCC2=O)c1. The molecule has 1 heterocycles. The average molecular weight is 248 g/mol. The topological polar surface area (TPSA) is 46.3 Å². The van der Waals surface area contributed by atoms with E-state index in [-0.39, 0.29) is 5.91 Å². The number of amides is 1. The highest BCUT2D eigenvalue weighted by Gasteiger charge is 2.19. The zero-order valence-electron chi connectivity index (χ0n) is 9.69. The van der Waals surface area contributed by atoms with Crippen molar-refractivity contribution in [2.45, 2.75) is 25.8 Å². The number of rotatable bonds is 4. The molecule has 1 aliphatic rings. The Morgan fingerprint density at radius 1 is 1.41 bits per heavy atom. The maximum atomic E-state index is 11.5. The van der Waals surface area contributed by atoms with Crippen molar-refractivity contribution in [1.29, 1.82) is 0 Å². The van der Waals surface area contributed by atoms with Crippen LogP contribution in [0, 0.1) is 0 Å². The number of hydrogen-bond donors (Lipinski definition) is 1. The van der Waals surface area contributed by atoms with E-state index in [0.29, 0.717) is 24.4 Å². The molecule has 4 heteroatoms. The molecule has 3 nitrogen and oxygen atoms in total. The predicted molar refractivity (Wildman–Crippen MR) is 71.6 cm³/mol. The van der Waals surface area contributed by atoms with Crippen molar-refractivity contribution in [2.75, 3.05) is 6.54 Å². The van der Waals surface area contributed by atoms with Crippen LogP contribution in [0.1, 0.15) is 24.0 Å². The molecular formula is C13H16N2OS. The maximum absolute atomic E-state index is 11.5. The number of likely N-dealkylation sites (tertiary alicyclic amines) is 1. The van der Waals surface area contributed by atoms with Gasteiger partial charge in [-0.1, -0.05) is 36.5 Å². The first-order valence-corrected chi connectivity index (χ1v) is 6.20. The van der Waals surface area contributed by atoms with Crippen molar-refractivity contribution in [1.82, 2.24) is 4.90 Å². The van der Waals surface area contributed by atoms with Gasteiger partial charge in [0.2, 0.25) is 5.91 Å². The third-order valence-corrected chi connectivity index (χ3v) is 3.06. The average Bonchev–Trinajstić information content (AvgIpc) is 2.64. The highest BCUT2D eigenvalue weighted by Crippen LogP contribution is 2.15. The van der Waals surface area contributed by atoms with E-state index in [1.165, 1.54) is 0 Å². The van der Waals surface area contributed by atoms with E-state index in [9.17, 15) is 4.79 Å². The highest BCUT2D eigenvalue weighted by atomic mass is 32.1. The molecule has 0 saturated carbocycles. The first-order valence-electron chi connectivity index (χ1n) is 5.79. The van der Waals surface area contributed by atoms with Crippen LogP contribution in [0.2, 0.25) is 0 Å². The molecule has 0 aromatic heterocycles. The summed E-state index contributed by atoms with van der Waals surface area (Å²) in [6.45, 7) is 1.57. The van der Waals surface area contributed by atoms with Crippen molar-refractivity contribution in [3.8, 4) is 0 Å². The molecule has 1 fully saturated rings. The summed E-state index contributed by atoms with van der Waals surface area (Å²) in [4.78, 5) is 13.9. The van der Waals surface area contributed by atoms with E-state index >= 15 is 0 Å². The minimum atomic E-state index is 0.254. The monoisotopic (exact) mass is 248 g/mol. The Morgan fingerprint density at radius 3 is 2.82 bits per heavy atom. The van der Waals surface area contributed by atoms with Crippen LogP contribution in [0.3, 0.4) is 0 Å². The second-order valence-electron chi connectivity index (χ2n) is 4.38. The van der Waals surface area contributed by atoms with Gasteiger partial charge in [0.1, 0.15) is 0 Å². The third-order valence-electron chi connectivity index (χ3n) is 2.91. The minimum absolute atomic E-state index is 0.254. The Bertz CT molecular complexity index is 445. The van der Waals surface area contributed by atoms with Crippen molar-refractivity contribution >= 4 is 23.1 Å². The third kappa shape index (κ3) is 3.27. The maximum Gasteiger partial charge on any atom is 0.222 e. The Kier molecular flexibility index (Phi) is 3.74. The Labute approximate surface area is 107 Å². The van der Waals surface area contributed by atoms with Gasteiger partial charge in [0.15, 0.2) is 0 Å². The zero-order valence-corrected chi connectivity index (χ0v) is 10.5. The van der Waals surface area contributed by atoms with Crippen molar-refractivity contribution in [2.24, 2.45) is 5.73 Å². The molecule has 1 aliphatic heterocycles. The molecule has 1 aromatic carbocycles. The second kappa shape index (κ2) is 5.27. The largest absolute Gasteiger partial charge is 0.393 e. The van der Waals surface area contributed by atoms with Crippen LogP contribution < -0.4 is 5.73 Å². The fourth-order valence-electron chi connectivity index (χ4n) is 2.13. The van der Waals surface area contributed by atoms with Gasteiger partial charge in [0.05, 0.1) is 4.99 Å². The molecule has 1 saturated heterocycles. The van der Waals surface area contributed by atoms with Crippen molar-refractivity contribution in [3.05, 3.63) is 35.4 Å². The fourth-order valence-corrected chi connectivity index (χ4v) is 2.30. The minimum Gasteiger partial charge on any atom is -0.393 e. The van der Waals surface area contributed by atoms with Crippen LogP contribution in [0.25, 0.3) is 0 Å². The van der Waals surface area contributed by atoms with Crippen LogP contribution in [-0.2, 0) is 17.8 Å². The number of hydrogen-bond acceptors (Lipinski definition) is 2. The van der Waals surface area contributed by atoms with Crippen LogP contribution >= 0.6 is 12.2 Å². The Morgan fingerprint density at radius 2 is 2.18 bits per heavy atom. The highest BCUT2D eigenvalue weighted by molar-refractivity contribution is 7.80. The molecule has 0 unspecified atom stereocenters. The predicted octanol–water partition coefficient (Wildman–Crippen LogP) is 1.64. The van der Waals surface area contributed by atoms with Gasteiger partial charge in [0, 0.05) is 25.9 Å². The van der Waals surface area contributed by atoms with E-state index in [2.05, 4.69) is 6.07 Å². The molecule has 90 valence electrons. The summed E-state index contributed by atoms with van der Waals surface area (Å²) in [7, 11) is 0. The van der Waals surface area contributed by atoms with Crippen molar-refractivity contribution < 1.29 is 4.79 Å². The van der Waals surface area contributed by atoms with E-state index in [4.69, 9.17) is 18.0 Å². The summed E-state index contributed by atoms with van der Waals surface area (Å²) >= 11 is 4.90. The van der Waals surface area contributed by atoms with Crippen LogP contribution in [-0.4, -0.2) is 22.3 Å². The lowest BCUT2D eigenvalue weighted by Gasteiger charge is -2.15. The van der Waals surface area contributed by atoms with Crippen molar-refractivity contribution in [3.63, 3.8) is 0 Å². The van der Waals surface area contributed by atoms with Gasteiger partial charge in [-0.2, -0.15) is 0 Å². The molecule has 2 N–H and O–H groups in total. The molecule has 0 atom stereocenters. The first kappa shape index (κ1) is 12.0. The number of nitrogens with zero attached hydrogens (tertiary/aromatic N) is 1. The van der Waals surface area contributed by atoms with Gasteiger partial charge in [-0.25, -0.2) is 0 Å². The molecular weight excluding hydrogens is 232 g/mol. The molecule has 0 radical (unpaired) electrons. The summed E-state index contributed by atoms with van der Waals surface area (Å²) in [5.74, 6) is 0.254. The summed E-state index contributed by atoms with van der Waals surface area (Å²) < 4.78 is 0. The van der Waals surface area contributed by atoms with Crippen LogP contribution in [0.4, 0.5) is 0 Å². The molecule has 0 spiro atoms. The lowest BCUT2D eigenvalue weighted by atomic mass is 10.1. The Hall–Kier alpha value is -1.42. The van der Waals surface area contributed by atoms with Gasteiger partial charge in [-0.15, -0.1) is 0 Å². The lowest BCUT2D eigenvalue weighted by molar-refractivity contribution is -0.128. The Balaban J connectivity index is 2.05. The number of nitrogens with two attached hydrogens (primary N) is 1. The molecule has 0 aliphatic carbocycles. The molecule has 0 bridgehead atoms. The molecule has 2 rings (SSSR count). The van der Waals surface area contributed by atoms with Crippen LogP contribution in [0.15, 0.2) is 24.3 Å². The number of thiocarbonyl (C=S) groups is 1. The van der Waals surface area contributed by atoms with Gasteiger partial charge >= 0.3 is 0 Å². The molecule has 1 aromatic rings. The smallest absolute Gasteiger partial charge is 0.222 e. The zero-order chi connectivity index (χ0) is 12.3. The number of carbonyl (C=O) groups is 1. The standard InChI is InChI=1S/C13H16N2OS/c14-12(17)8-10-3-1-4-11(7-10)9-15-6-2-5-13(15)16/h1,3-4,7H,2,5-6,8-9H2,(H2,14,17). The summed E-state index contributed by atoms with van der Waals surface area (Å²) in [6.07, 6.45) is 2.29. The molecule has 17 heavy (non-hydrogen) atoms. The summed E-state index contributed by atoms with van der Waals surface area (Å²) in [5, 5.41) is 0. The number of benzene rings is 1. The van der Waals surface area contributed by atoms with Gasteiger partial charge in [-0.05, 0) is 17.5 Å². The quantitative estimate of drug-likeness (QED) is 0.824. The van der Waals surface area contributed by atoms with Crippen LogP contribution in [0.5, 0.6) is 0 Å². The number of carbonyl (C=O) groups excluding carboxylic acids is 1. The lowest BCUT2D eigenvalue weighted by Crippen LogP contribution is -2.23. The van der Waals surface area contributed by atoms with E-state index in [0.717, 1.165) is 24.1 Å². The van der Waals surface area contributed by atoms with E-state index in [1.54, 1.807) is 0 Å². The van der Waals surface area contributed by atoms with Gasteiger partial charge in [-0.3, -0.25) is 4.79 Å². The second-order valence-corrected chi connectivity index (χ2v) is 4.91.